The Morgan fingerprint density at radius 2 is 2.47 bits per heavy atom. The molecule has 1 unspecified atom stereocenters. The van der Waals surface area contributed by atoms with E-state index in [-0.39, 0.29) is 0 Å². The highest BCUT2D eigenvalue weighted by molar-refractivity contribution is 5.75. The Labute approximate surface area is 89.1 Å². The number of hydrogen-bond acceptors (Lipinski definition) is 2. The Bertz CT molecular complexity index is 455. The van der Waals surface area contributed by atoms with Crippen LogP contribution in [0.1, 0.15) is 12.8 Å². The average Bonchev–Trinajstić information content (AvgIpc) is 2.89. The van der Waals surface area contributed by atoms with Gasteiger partial charge in [0.2, 0.25) is 0 Å². The van der Waals surface area contributed by atoms with Gasteiger partial charge in [-0.15, -0.1) is 0 Å². The highest BCUT2D eigenvalue weighted by atomic mass is 15.1. The monoisotopic (exact) mass is 201 g/mol. The minimum absolute atomic E-state index is 0.627. The van der Waals surface area contributed by atoms with Gasteiger partial charge >= 0.3 is 0 Å². The molecule has 0 amide bonds. The van der Waals surface area contributed by atoms with Crippen LogP contribution in [0.25, 0.3) is 11.0 Å². The Morgan fingerprint density at radius 3 is 3.33 bits per heavy atom. The van der Waals surface area contributed by atoms with Gasteiger partial charge in [0.25, 0.3) is 0 Å². The van der Waals surface area contributed by atoms with Crippen LogP contribution < -0.4 is 5.32 Å². The quantitative estimate of drug-likeness (QED) is 0.802. The molecule has 1 aliphatic heterocycles. The molecule has 78 valence electrons. The maximum absolute atomic E-state index is 4.42. The highest BCUT2D eigenvalue weighted by Crippen LogP contribution is 2.15. The Hall–Kier alpha value is -1.35. The van der Waals surface area contributed by atoms with Gasteiger partial charge in [0.15, 0.2) is 0 Å². The molecule has 3 nitrogen and oxygen atoms in total. The third-order valence-electron chi connectivity index (χ3n) is 3.10. The molecule has 3 heteroatoms. The minimum atomic E-state index is 0.627. The van der Waals surface area contributed by atoms with Crippen molar-refractivity contribution in [1.82, 2.24) is 14.9 Å². The second-order valence-electron chi connectivity index (χ2n) is 4.18. The molecule has 0 radical (unpaired) electrons. The number of fused-ring (bicyclic) bond motifs is 1. The van der Waals surface area contributed by atoms with Crippen LogP contribution in [0.15, 0.2) is 30.6 Å². The molecular weight excluding hydrogens is 186 g/mol. The Balaban J connectivity index is 1.90. The predicted molar refractivity (Wildman–Crippen MR) is 60.8 cm³/mol. The van der Waals surface area contributed by atoms with Crippen molar-refractivity contribution < 1.29 is 0 Å². The van der Waals surface area contributed by atoms with Crippen LogP contribution in [-0.2, 0) is 6.54 Å². The first-order chi connectivity index (χ1) is 7.43. The second kappa shape index (κ2) is 3.66. The summed E-state index contributed by atoms with van der Waals surface area (Å²) in [4.78, 5) is 4.42. The van der Waals surface area contributed by atoms with Crippen molar-refractivity contribution in [3.05, 3.63) is 30.6 Å². The number of nitrogens with one attached hydrogen (secondary N) is 1. The van der Waals surface area contributed by atoms with Crippen LogP contribution in [0, 0.1) is 0 Å². The molecule has 3 rings (SSSR count). The third kappa shape index (κ3) is 1.63. The van der Waals surface area contributed by atoms with Gasteiger partial charge < -0.3 is 9.88 Å². The predicted octanol–water partition coefficient (Wildman–Crippen LogP) is 1.79. The van der Waals surface area contributed by atoms with Gasteiger partial charge in [0, 0.05) is 30.4 Å². The standard InChI is InChI=1S/C12H15N3/c1-3-10-5-8-15(12(10)14-7-1)9-11-4-2-6-13-11/h1,3,5,7-8,11,13H,2,4,6,9H2. The van der Waals surface area contributed by atoms with Crippen molar-refractivity contribution in [1.29, 1.82) is 0 Å². The van der Waals surface area contributed by atoms with Crippen LogP contribution in [0.5, 0.6) is 0 Å². The van der Waals surface area contributed by atoms with Crippen LogP contribution in [0.2, 0.25) is 0 Å². The number of hydrogen-bond donors (Lipinski definition) is 1. The molecule has 3 heterocycles. The zero-order chi connectivity index (χ0) is 10.1. The maximum atomic E-state index is 4.42. The van der Waals surface area contributed by atoms with Crippen molar-refractivity contribution in [2.75, 3.05) is 6.54 Å². The smallest absolute Gasteiger partial charge is 0.139 e. The van der Waals surface area contributed by atoms with Crippen LogP contribution in [0.4, 0.5) is 0 Å². The van der Waals surface area contributed by atoms with E-state index in [1.54, 1.807) is 0 Å². The zero-order valence-corrected chi connectivity index (χ0v) is 8.69. The zero-order valence-electron chi connectivity index (χ0n) is 8.69. The summed E-state index contributed by atoms with van der Waals surface area (Å²) in [5.74, 6) is 0. The number of pyridine rings is 1. The van der Waals surface area contributed by atoms with Gasteiger partial charge in [-0.25, -0.2) is 4.98 Å². The van der Waals surface area contributed by atoms with Gasteiger partial charge in [-0.1, -0.05) is 0 Å². The van der Waals surface area contributed by atoms with Crippen molar-refractivity contribution in [3.8, 4) is 0 Å². The summed E-state index contributed by atoms with van der Waals surface area (Å²) in [7, 11) is 0. The maximum Gasteiger partial charge on any atom is 0.139 e. The SMILES string of the molecule is c1cnc2c(c1)ccn2CC1CCCN1. The largest absolute Gasteiger partial charge is 0.331 e. The summed E-state index contributed by atoms with van der Waals surface area (Å²) in [5.41, 5.74) is 1.10. The number of nitrogens with zero attached hydrogens (tertiary/aromatic N) is 2. The molecule has 1 fully saturated rings. The molecule has 0 saturated carbocycles. The van der Waals surface area contributed by atoms with E-state index < -0.39 is 0 Å². The van der Waals surface area contributed by atoms with E-state index in [4.69, 9.17) is 0 Å². The van der Waals surface area contributed by atoms with Gasteiger partial charge in [-0.05, 0) is 37.6 Å². The second-order valence-corrected chi connectivity index (χ2v) is 4.18. The van der Waals surface area contributed by atoms with Crippen LogP contribution in [0.3, 0.4) is 0 Å². The minimum Gasteiger partial charge on any atom is -0.331 e. The van der Waals surface area contributed by atoms with E-state index in [0.29, 0.717) is 6.04 Å². The summed E-state index contributed by atoms with van der Waals surface area (Å²) < 4.78 is 2.25. The highest BCUT2D eigenvalue weighted by Gasteiger charge is 2.15. The average molecular weight is 201 g/mol. The molecule has 1 saturated heterocycles. The lowest BCUT2D eigenvalue weighted by atomic mass is 10.2. The van der Waals surface area contributed by atoms with E-state index in [1.165, 1.54) is 18.2 Å². The van der Waals surface area contributed by atoms with Crippen molar-refractivity contribution in [3.63, 3.8) is 0 Å². The lowest BCUT2D eigenvalue weighted by molar-refractivity contribution is 0.517. The molecule has 0 spiro atoms. The molecule has 0 aromatic carbocycles. The first kappa shape index (κ1) is 8.92. The van der Waals surface area contributed by atoms with Crippen molar-refractivity contribution >= 4 is 11.0 Å². The van der Waals surface area contributed by atoms with E-state index in [0.717, 1.165) is 18.7 Å². The molecule has 0 aliphatic carbocycles. The molecule has 2 aromatic heterocycles. The van der Waals surface area contributed by atoms with Crippen LogP contribution >= 0.6 is 0 Å². The summed E-state index contributed by atoms with van der Waals surface area (Å²) in [6.45, 7) is 2.21. The third-order valence-corrected chi connectivity index (χ3v) is 3.10. The summed E-state index contributed by atoms with van der Waals surface area (Å²) in [6, 6.07) is 6.86. The normalized spacial score (nSPS) is 21.2. The lowest BCUT2D eigenvalue weighted by Gasteiger charge is -2.11. The summed E-state index contributed by atoms with van der Waals surface area (Å²) in [6.07, 6.45) is 6.59. The van der Waals surface area contributed by atoms with Gasteiger partial charge in [0.05, 0.1) is 0 Å². The van der Waals surface area contributed by atoms with E-state index in [1.807, 2.05) is 12.3 Å². The first-order valence-electron chi connectivity index (χ1n) is 5.57. The summed E-state index contributed by atoms with van der Waals surface area (Å²) >= 11 is 0. The molecular formula is C12H15N3. The lowest BCUT2D eigenvalue weighted by Crippen LogP contribution is -2.26. The fourth-order valence-corrected chi connectivity index (χ4v) is 2.32. The fourth-order valence-electron chi connectivity index (χ4n) is 2.32. The molecule has 2 aromatic rings. The van der Waals surface area contributed by atoms with E-state index >= 15 is 0 Å². The molecule has 1 aliphatic rings. The molecule has 0 bridgehead atoms. The Kier molecular flexibility index (Phi) is 2.18. The topological polar surface area (TPSA) is 29.9 Å². The van der Waals surface area contributed by atoms with Gasteiger partial charge in [0.1, 0.15) is 5.65 Å². The molecule has 1 N–H and O–H groups in total. The first-order valence-corrected chi connectivity index (χ1v) is 5.57. The van der Waals surface area contributed by atoms with E-state index in [2.05, 4.69) is 33.2 Å². The fraction of sp³-hybridized carbons (Fsp3) is 0.417. The van der Waals surface area contributed by atoms with Gasteiger partial charge in [-0.3, -0.25) is 0 Å². The Morgan fingerprint density at radius 1 is 1.47 bits per heavy atom. The van der Waals surface area contributed by atoms with Crippen molar-refractivity contribution in [2.45, 2.75) is 25.4 Å². The molecule has 1 atom stereocenters. The summed E-state index contributed by atoms with van der Waals surface area (Å²) in [5, 5.41) is 4.74. The van der Waals surface area contributed by atoms with E-state index in [9.17, 15) is 0 Å². The number of aromatic nitrogens is 2. The number of rotatable bonds is 2. The molecule has 15 heavy (non-hydrogen) atoms. The van der Waals surface area contributed by atoms with Crippen LogP contribution in [-0.4, -0.2) is 22.1 Å². The van der Waals surface area contributed by atoms with Crippen molar-refractivity contribution in [2.24, 2.45) is 0 Å². The van der Waals surface area contributed by atoms with Gasteiger partial charge in [-0.2, -0.15) is 0 Å².